The lowest BCUT2D eigenvalue weighted by Crippen LogP contribution is -2.05. The second kappa shape index (κ2) is 4.94. The molecule has 0 aromatic heterocycles. The van der Waals surface area contributed by atoms with E-state index in [9.17, 15) is 13.9 Å². The third kappa shape index (κ3) is 2.98. The molecule has 3 heteroatoms. The highest BCUT2D eigenvalue weighted by molar-refractivity contribution is 5.36. The highest BCUT2D eigenvalue weighted by Crippen LogP contribution is 2.21. The van der Waals surface area contributed by atoms with Crippen LogP contribution in [0.4, 0.5) is 8.78 Å². The van der Waals surface area contributed by atoms with E-state index >= 15 is 0 Å². The van der Waals surface area contributed by atoms with Gasteiger partial charge >= 0.3 is 0 Å². The van der Waals surface area contributed by atoms with Gasteiger partial charge in [-0.1, -0.05) is 17.7 Å². The first kappa shape index (κ1) is 11.0. The van der Waals surface area contributed by atoms with Gasteiger partial charge in [-0.25, -0.2) is 4.39 Å². The highest BCUT2D eigenvalue weighted by Gasteiger charge is 2.10. The Hall–Kier alpha value is -1.12. The minimum Gasteiger partial charge on any atom is -0.508 e. The summed E-state index contributed by atoms with van der Waals surface area (Å²) in [4.78, 5) is 0. The number of aromatic hydroxyl groups is 1. The van der Waals surface area contributed by atoms with Crippen LogP contribution in [0.2, 0.25) is 0 Å². The standard InChI is InChI=1S/C11H14F2O/c1-8-2-3-11(14)9(6-8)7-10(13)4-5-12/h2-3,6,10,14H,4-5,7H2,1H3. The van der Waals surface area contributed by atoms with Crippen molar-refractivity contribution in [1.82, 2.24) is 0 Å². The Morgan fingerprint density at radius 1 is 1.43 bits per heavy atom. The molecule has 1 rings (SSSR count). The maximum Gasteiger partial charge on any atom is 0.118 e. The molecule has 0 spiro atoms. The summed E-state index contributed by atoms with van der Waals surface area (Å²) in [5.74, 6) is 0.0807. The van der Waals surface area contributed by atoms with Gasteiger partial charge < -0.3 is 5.11 Å². The number of alkyl halides is 2. The van der Waals surface area contributed by atoms with Gasteiger partial charge in [0.05, 0.1) is 6.67 Å². The summed E-state index contributed by atoms with van der Waals surface area (Å²) in [7, 11) is 0. The molecular weight excluding hydrogens is 186 g/mol. The molecule has 1 unspecified atom stereocenters. The van der Waals surface area contributed by atoms with Crippen LogP contribution in [0.5, 0.6) is 5.75 Å². The predicted octanol–water partition coefficient (Wildman–Crippen LogP) is 2.94. The molecule has 0 aliphatic heterocycles. The van der Waals surface area contributed by atoms with Gasteiger partial charge in [-0.2, -0.15) is 0 Å². The van der Waals surface area contributed by atoms with E-state index in [1.165, 1.54) is 6.07 Å². The molecule has 0 radical (unpaired) electrons. The lowest BCUT2D eigenvalue weighted by Gasteiger charge is -2.08. The van der Waals surface area contributed by atoms with Crippen molar-refractivity contribution in [2.45, 2.75) is 25.9 Å². The summed E-state index contributed by atoms with van der Waals surface area (Å²) in [6.07, 6.45) is -1.24. The topological polar surface area (TPSA) is 20.2 Å². The molecule has 0 fully saturated rings. The number of halogens is 2. The third-order valence-corrected chi connectivity index (χ3v) is 2.10. The van der Waals surface area contributed by atoms with Gasteiger partial charge in [-0.15, -0.1) is 0 Å². The van der Waals surface area contributed by atoms with Crippen molar-refractivity contribution in [1.29, 1.82) is 0 Å². The fraction of sp³-hybridized carbons (Fsp3) is 0.455. The summed E-state index contributed by atoms with van der Waals surface area (Å²) in [5, 5.41) is 9.39. The van der Waals surface area contributed by atoms with Crippen LogP contribution in [-0.4, -0.2) is 18.0 Å². The van der Waals surface area contributed by atoms with Crippen LogP contribution < -0.4 is 0 Å². The van der Waals surface area contributed by atoms with Crippen LogP contribution in [0.1, 0.15) is 17.5 Å². The van der Waals surface area contributed by atoms with Crippen molar-refractivity contribution < 1.29 is 13.9 Å². The van der Waals surface area contributed by atoms with Crippen LogP contribution in [0.3, 0.4) is 0 Å². The lowest BCUT2D eigenvalue weighted by molar-refractivity contribution is 0.280. The number of phenols is 1. The van der Waals surface area contributed by atoms with E-state index in [1.807, 2.05) is 6.92 Å². The van der Waals surface area contributed by atoms with Crippen molar-refractivity contribution in [3.8, 4) is 5.75 Å². The van der Waals surface area contributed by atoms with Crippen molar-refractivity contribution in [2.75, 3.05) is 6.67 Å². The molecule has 0 aliphatic carbocycles. The van der Waals surface area contributed by atoms with E-state index in [0.717, 1.165) is 5.56 Å². The smallest absolute Gasteiger partial charge is 0.118 e. The molecular formula is C11H14F2O. The molecule has 1 nitrogen and oxygen atoms in total. The number of hydrogen-bond acceptors (Lipinski definition) is 1. The van der Waals surface area contributed by atoms with E-state index in [4.69, 9.17) is 0 Å². The van der Waals surface area contributed by atoms with Gasteiger partial charge in [-0.3, -0.25) is 4.39 Å². The fourth-order valence-electron chi connectivity index (χ4n) is 1.34. The SMILES string of the molecule is Cc1ccc(O)c(CC(F)CCF)c1. The van der Waals surface area contributed by atoms with E-state index < -0.39 is 12.8 Å². The molecule has 14 heavy (non-hydrogen) atoms. The molecule has 78 valence electrons. The number of hydrogen-bond donors (Lipinski definition) is 1. The Bertz CT molecular complexity index is 299. The zero-order chi connectivity index (χ0) is 10.6. The molecule has 0 heterocycles. The summed E-state index contributed by atoms with van der Waals surface area (Å²) in [6, 6.07) is 5.01. The first-order valence-corrected chi connectivity index (χ1v) is 4.62. The molecule has 1 atom stereocenters. The van der Waals surface area contributed by atoms with Crippen molar-refractivity contribution in [3.63, 3.8) is 0 Å². The van der Waals surface area contributed by atoms with Crippen LogP contribution in [0.15, 0.2) is 18.2 Å². The van der Waals surface area contributed by atoms with Crippen molar-refractivity contribution >= 4 is 0 Å². The Morgan fingerprint density at radius 2 is 2.14 bits per heavy atom. The minimum atomic E-state index is -1.22. The Kier molecular flexibility index (Phi) is 3.86. The second-order valence-electron chi connectivity index (χ2n) is 3.41. The monoisotopic (exact) mass is 200 g/mol. The maximum atomic E-state index is 13.0. The third-order valence-electron chi connectivity index (χ3n) is 2.10. The average molecular weight is 200 g/mol. The summed E-state index contributed by atoms with van der Waals surface area (Å²) in [6.45, 7) is 1.21. The zero-order valence-corrected chi connectivity index (χ0v) is 8.13. The second-order valence-corrected chi connectivity index (χ2v) is 3.41. The Labute approximate surface area is 82.4 Å². The van der Waals surface area contributed by atoms with E-state index in [0.29, 0.717) is 5.56 Å². The van der Waals surface area contributed by atoms with Crippen LogP contribution in [0, 0.1) is 6.92 Å². The zero-order valence-electron chi connectivity index (χ0n) is 8.13. The largest absolute Gasteiger partial charge is 0.508 e. The molecule has 0 amide bonds. The van der Waals surface area contributed by atoms with Gasteiger partial charge in [0.15, 0.2) is 0 Å². The van der Waals surface area contributed by atoms with Crippen molar-refractivity contribution in [2.24, 2.45) is 0 Å². The number of rotatable bonds is 4. The van der Waals surface area contributed by atoms with Crippen LogP contribution >= 0.6 is 0 Å². The van der Waals surface area contributed by atoms with Gasteiger partial charge in [0.1, 0.15) is 11.9 Å². The molecule has 0 aliphatic rings. The van der Waals surface area contributed by atoms with Gasteiger partial charge in [-0.05, 0) is 18.6 Å². The van der Waals surface area contributed by atoms with Crippen molar-refractivity contribution in [3.05, 3.63) is 29.3 Å². The molecule has 1 N–H and O–H groups in total. The lowest BCUT2D eigenvalue weighted by atomic mass is 10.0. The molecule has 1 aromatic rings. The van der Waals surface area contributed by atoms with Crippen LogP contribution in [-0.2, 0) is 6.42 Å². The minimum absolute atomic E-state index is 0.0807. The number of benzene rings is 1. The summed E-state index contributed by atoms with van der Waals surface area (Å²) >= 11 is 0. The Morgan fingerprint density at radius 3 is 2.79 bits per heavy atom. The summed E-state index contributed by atoms with van der Waals surface area (Å²) in [5.41, 5.74) is 1.51. The van der Waals surface area contributed by atoms with Gasteiger partial charge in [0.25, 0.3) is 0 Å². The maximum absolute atomic E-state index is 13.0. The quantitative estimate of drug-likeness (QED) is 0.792. The molecule has 0 saturated heterocycles. The van der Waals surface area contributed by atoms with E-state index in [2.05, 4.69) is 0 Å². The fourth-order valence-corrected chi connectivity index (χ4v) is 1.34. The van der Waals surface area contributed by atoms with Gasteiger partial charge in [0, 0.05) is 12.8 Å². The predicted molar refractivity (Wildman–Crippen MR) is 52.0 cm³/mol. The highest BCUT2D eigenvalue weighted by atomic mass is 19.1. The molecule has 1 aromatic carbocycles. The van der Waals surface area contributed by atoms with Gasteiger partial charge in [0.2, 0.25) is 0 Å². The first-order chi connectivity index (χ1) is 6.63. The van der Waals surface area contributed by atoms with E-state index in [-0.39, 0.29) is 18.6 Å². The molecule has 0 bridgehead atoms. The summed E-state index contributed by atoms with van der Waals surface area (Å²) < 4.78 is 24.9. The van der Waals surface area contributed by atoms with Crippen LogP contribution in [0.25, 0.3) is 0 Å². The molecule has 0 saturated carbocycles. The number of aryl methyl sites for hydroxylation is 1. The Balaban J connectivity index is 2.70. The number of phenolic OH excluding ortho intramolecular Hbond substituents is 1. The average Bonchev–Trinajstić information content (AvgIpc) is 2.12. The first-order valence-electron chi connectivity index (χ1n) is 4.62. The normalized spacial score (nSPS) is 12.8. The van der Waals surface area contributed by atoms with E-state index in [1.54, 1.807) is 12.1 Å².